The van der Waals surface area contributed by atoms with Gasteiger partial charge in [0.05, 0.1) is 0 Å². The van der Waals surface area contributed by atoms with Gasteiger partial charge in [0.1, 0.15) is 11.5 Å². The number of nitrogens with zero attached hydrogens (tertiary/aromatic N) is 1. The van der Waals surface area contributed by atoms with E-state index in [9.17, 15) is 4.79 Å². The Morgan fingerprint density at radius 3 is 2.07 bits per heavy atom. The summed E-state index contributed by atoms with van der Waals surface area (Å²) in [6.45, 7) is 2.05. The molecule has 3 rings (SSSR count). The van der Waals surface area contributed by atoms with Crippen LogP contribution in [0.5, 0.6) is 11.5 Å². The van der Waals surface area contributed by atoms with Gasteiger partial charge in [-0.05, 0) is 55.3 Å². The van der Waals surface area contributed by atoms with Crippen molar-refractivity contribution < 1.29 is 9.53 Å². The minimum Gasteiger partial charge on any atom is -0.457 e. The van der Waals surface area contributed by atoms with Crippen molar-refractivity contribution in [1.82, 2.24) is 4.90 Å². The van der Waals surface area contributed by atoms with Crippen LogP contribution >= 0.6 is 0 Å². The molecule has 0 saturated heterocycles. The predicted octanol–water partition coefficient (Wildman–Crippen LogP) is 5.57. The molecule has 0 spiro atoms. The second kappa shape index (κ2) is 8.90. The van der Waals surface area contributed by atoms with E-state index in [0.717, 1.165) is 23.6 Å². The van der Waals surface area contributed by atoms with Crippen LogP contribution in [0.15, 0.2) is 84.9 Å². The number of amides is 2. The Hall–Kier alpha value is -3.27. The Labute approximate surface area is 160 Å². The smallest absolute Gasteiger partial charge is 0.321 e. The van der Waals surface area contributed by atoms with Crippen molar-refractivity contribution in [3.05, 3.63) is 90.5 Å². The lowest BCUT2D eigenvalue weighted by Crippen LogP contribution is -2.39. The lowest BCUT2D eigenvalue weighted by atomic mass is 10.1. The Kier molecular flexibility index (Phi) is 6.10. The number of nitrogens with one attached hydrogen (secondary N) is 1. The van der Waals surface area contributed by atoms with Crippen LogP contribution in [-0.4, -0.2) is 24.0 Å². The van der Waals surface area contributed by atoms with Crippen molar-refractivity contribution in [3.63, 3.8) is 0 Å². The molecule has 138 valence electrons. The summed E-state index contributed by atoms with van der Waals surface area (Å²) < 4.78 is 5.77. The van der Waals surface area contributed by atoms with Gasteiger partial charge < -0.3 is 15.0 Å². The van der Waals surface area contributed by atoms with Crippen LogP contribution in [0.4, 0.5) is 10.5 Å². The maximum atomic E-state index is 12.5. The van der Waals surface area contributed by atoms with Gasteiger partial charge in [-0.1, -0.05) is 48.5 Å². The SMILES string of the molecule is C[C@H](Cc1ccccc1)N(C)C(=O)Nc1ccc(Oc2ccccc2)cc1. The molecule has 0 heterocycles. The van der Waals surface area contributed by atoms with Gasteiger partial charge in [0.2, 0.25) is 0 Å². The summed E-state index contributed by atoms with van der Waals surface area (Å²) >= 11 is 0. The molecule has 3 aromatic rings. The normalized spacial score (nSPS) is 11.5. The van der Waals surface area contributed by atoms with Gasteiger partial charge in [-0.2, -0.15) is 0 Å². The number of ether oxygens (including phenoxy) is 1. The van der Waals surface area contributed by atoms with Gasteiger partial charge in [0, 0.05) is 18.8 Å². The highest BCUT2D eigenvalue weighted by molar-refractivity contribution is 5.89. The average molecular weight is 360 g/mol. The van der Waals surface area contributed by atoms with Crippen LogP contribution < -0.4 is 10.1 Å². The third-order valence-corrected chi connectivity index (χ3v) is 4.44. The zero-order chi connectivity index (χ0) is 19.1. The van der Waals surface area contributed by atoms with Crippen molar-refractivity contribution in [2.45, 2.75) is 19.4 Å². The van der Waals surface area contributed by atoms with Crippen molar-refractivity contribution in [2.75, 3.05) is 12.4 Å². The minimum atomic E-state index is -0.129. The fraction of sp³-hybridized carbons (Fsp3) is 0.174. The standard InChI is InChI=1S/C23H24N2O2/c1-18(17-19-9-5-3-6-10-19)25(2)23(26)24-20-13-15-22(16-14-20)27-21-11-7-4-8-12-21/h3-16,18H,17H2,1-2H3,(H,24,26)/t18-/m1/s1. The molecule has 3 aromatic carbocycles. The number of carbonyl (C=O) groups is 1. The third-order valence-electron chi connectivity index (χ3n) is 4.44. The molecule has 4 nitrogen and oxygen atoms in total. The summed E-state index contributed by atoms with van der Waals surface area (Å²) in [5.41, 5.74) is 1.95. The van der Waals surface area contributed by atoms with Crippen LogP contribution in [-0.2, 0) is 6.42 Å². The van der Waals surface area contributed by atoms with E-state index in [2.05, 4.69) is 17.4 Å². The van der Waals surface area contributed by atoms with Crippen molar-refractivity contribution in [1.29, 1.82) is 0 Å². The lowest BCUT2D eigenvalue weighted by Gasteiger charge is -2.25. The van der Waals surface area contributed by atoms with E-state index < -0.39 is 0 Å². The number of rotatable bonds is 6. The number of urea groups is 1. The van der Waals surface area contributed by atoms with E-state index in [1.54, 1.807) is 4.90 Å². The van der Waals surface area contributed by atoms with Crippen LogP contribution in [0, 0.1) is 0 Å². The molecule has 2 amide bonds. The Bertz CT molecular complexity index is 849. The molecule has 0 radical (unpaired) electrons. The summed E-state index contributed by atoms with van der Waals surface area (Å²) in [5.74, 6) is 1.51. The molecule has 0 aliphatic heterocycles. The van der Waals surface area contributed by atoms with E-state index >= 15 is 0 Å². The van der Waals surface area contributed by atoms with E-state index in [4.69, 9.17) is 4.74 Å². The second-order valence-electron chi connectivity index (χ2n) is 6.52. The highest BCUT2D eigenvalue weighted by Crippen LogP contribution is 2.22. The predicted molar refractivity (Wildman–Crippen MR) is 109 cm³/mol. The number of para-hydroxylation sites is 1. The quantitative estimate of drug-likeness (QED) is 0.624. The van der Waals surface area contributed by atoms with Crippen molar-refractivity contribution in [3.8, 4) is 11.5 Å². The molecule has 0 fully saturated rings. The van der Waals surface area contributed by atoms with E-state index in [-0.39, 0.29) is 12.1 Å². The molecule has 1 N–H and O–H groups in total. The Balaban J connectivity index is 1.55. The maximum Gasteiger partial charge on any atom is 0.321 e. The molecule has 0 aromatic heterocycles. The number of likely N-dealkylation sites (N-methyl/N-ethyl adjacent to an activating group) is 1. The van der Waals surface area contributed by atoms with Crippen molar-refractivity contribution in [2.24, 2.45) is 0 Å². The summed E-state index contributed by atoms with van der Waals surface area (Å²) in [5, 5.41) is 2.93. The average Bonchev–Trinajstić information content (AvgIpc) is 2.70. The molecular weight excluding hydrogens is 336 g/mol. The topological polar surface area (TPSA) is 41.6 Å². The largest absolute Gasteiger partial charge is 0.457 e. The number of carbonyl (C=O) groups excluding carboxylic acids is 1. The van der Waals surface area contributed by atoms with Crippen LogP contribution in [0.2, 0.25) is 0 Å². The highest BCUT2D eigenvalue weighted by atomic mass is 16.5. The number of hydrogen-bond donors (Lipinski definition) is 1. The van der Waals surface area contributed by atoms with Gasteiger partial charge in [-0.15, -0.1) is 0 Å². The summed E-state index contributed by atoms with van der Waals surface area (Å²) in [4.78, 5) is 14.2. The van der Waals surface area contributed by atoms with Crippen molar-refractivity contribution >= 4 is 11.7 Å². The van der Waals surface area contributed by atoms with Crippen LogP contribution in [0.1, 0.15) is 12.5 Å². The van der Waals surface area contributed by atoms with Gasteiger partial charge in [0.15, 0.2) is 0 Å². The van der Waals surface area contributed by atoms with E-state index in [1.165, 1.54) is 5.56 Å². The molecule has 0 aliphatic rings. The molecule has 4 heteroatoms. The fourth-order valence-corrected chi connectivity index (χ4v) is 2.73. The maximum absolute atomic E-state index is 12.5. The number of hydrogen-bond acceptors (Lipinski definition) is 2. The molecular formula is C23H24N2O2. The Morgan fingerprint density at radius 2 is 1.44 bits per heavy atom. The van der Waals surface area contributed by atoms with Gasteiger partial charge >= 0.3 is 6.03 Å². The first-order chi connectivity index (χ1) is 13.1. The lowest BCUT2D eigenvalue weighted by molar-refractivity contribution is 0.207. The molecule has 1 atom stereocenters. The molecule has 27 heavy (non-hydrogen) atoms. The first-order valence-electron chi connectivity index (χ1n) is 9.02. The minimum absolute atomic E-state index is 0.0908. The zero-order valence-electron chi connectivity index (χ0n) is 15.6. The first kappa shape index (κ1) is 18.5. The fourth-order valence-electron chi connectivity index (χ4n) is 2.73. The van der Waals surface area contributed by atoms with Crippen LogP contribution in [0.3, 0.4) is 0 Å². The number of anilines is 1. The molecule has 0 bridgehead atoms. The highest BCUT2D eigenvalue weighted by Gasteiger charge is 2.16. The molecule has 0 saturated carbocycles. The first-order valence-corrected chi connectivity index (χ1v) is 9.02. The number of benzene rings is 3. The summed E-state index contributed by atoms with van der Waals surface area (Å²) in [6.07, 6.45) is 0.814. The molecule has 0 unspecified atom stereocenters. The van der Waals surface area contributed by atoms with E-state index in [1.807, 2.05) is 86.8 Å². The van der Waals surface area contributed by atoms with Gasteiger partial charge in [0.25, 0.3) is 0 Å². The van der Waals surface area contributed by atoms with Crippen LogP contribution in [0.25, 0.3) is 0 Å². The monoisotopic (exact) mass is 360 g/mol. The summed E-state index contributed by atoms with van der Waals surface area (Å²) in [6, 6.07) is 27.1. The summed E-state index contributed by atoms with van der Waals surface area (Å²) in [7, 11) is 1.82. The van der Waals surface area contributed by atoms with E-state index in [0.29, 0.717) is 0 Å². The second-order valence-corrected chi connectivity index (χ2v) is 6.52. The zero-order valence-corrected chi connectivity index (χ0v) is 15.6. The third kappa shape index (κ3) is 5.35. The Morgan fingerprint density at radius 1 is 0.889 bits per heavy atom. The van der Waals surface area contributed by atoms with Gasteiger partial charge in [-0.3, -0.25) is 0 Å². The van der Waals surface area contributed by atoms with Gasteiger partial charge in [-0.25, -0.2) is 4.79 Å². The molecule has 0 aliphatic carbocycles.